The van der Waals surface area contributed by atoms with Crippen molar-refractivity contribution in [3.05, 3.63) is 65.7 Å². The molecule has 1 aliphatic heterocycles. The van der Waals surface area contributed by atoms with Crippen LogP contribution in [0.25, 0.3) is 0 Å². The number of nitrogens with zero attached hydrogens (tertiary/aromatic N) is 1. The molecule has 0 fully saturated rings. The SMILES string of the molecule is CC[C@H](C(=O)N1CCCc2ccccc21)c1ccccc1. The number of para-hydroxylation sites is 1. The molecule has 0 radical (unpaired) electrons. The van der Waals surface area contributed by atoms with E-state index in [2.05, 4.69) is 37.3 Å². The van der Waals surface area contributed by atoms with Gasteiger partial charge in [-0.3, -0.25) is 4.79 Å². The fourth-order valence-electron chi connectivity index (χ4n) is 3.19. The highest BCUT2D eigenvalue weighted by molar-refractivity contribution is 5.99. The molecule has 1 heterocycles. The van der Waals surface area contributed by atoms with E-state index in [-0.39, 0.29) is 11.8 Å². The Hall–Kier alpha value is -2.09. The van der Waals surface area contributed by atoms with Crippen LogP contribution in [0, 0.1) is 0 Å². The number of anilines is 1. The molecule has 3 rings (SSSR count). The molecular formula is C19H21NO. The monoisotopic (exact) mass is 279 g/mol. The first-order chi connectivity index (χ1) is 10.3. The fourth-order valence-corrected chi connectivity index (χ4v) is 3.19. The van der Waals surface area contributed by atoms with Crippen molar-refractivity contribution in [3.8, 4) is 0 Å². The number of aryl methyl sites for hydroxylation is 1. The van der Waals surface area contributed by atoms with Gasteiger partial charge in [-0.15, -0.1) is 0 Å². The van der Waals surface area contributed by atoms with E-state index in [1.807, 2.05) is 29.2 Å². The fraction of sp³-hybridized carbons (Fsp3) is 0.316. The topological polar surface area (TPSA) is 20.3 Å². The lowest BCUT2D eigenvalue weighted by Gasteiger charge is -2.32. The third-order valence-electron chi connectivity index (χ3n) is 4.28. The van der Waals surface area contributed by atoms with E-state index in [4.69, 9.17) is 0 Å². The first-order valence-corrected chi connectivity index (χ1v) is 7.75. The van der Waals surface area contributed by atoms with Crippen molar-refractivity contribution in [1.82, 2.24) is 0 Å². The Balaban J connectivity index is 1.92. The van der Waals surface area contributed by atoms with Gasteiger partial charge in [0, 0.05) is 12.2 Å². The van der Waals surface area contributed by atoms with Crippen LogP contribution in [-0.4, -0.2) is 12.5 Å². The van der Waals surface area contributed by atoms with Crippen molar-refractivity contribution in [2.75, 3.05) is 11.4 Å². The van der Waals surface area contributed by atoms with Crippen molar-refractivity contribution < 1.29 is 4.79 Å². The Morgan fingerprint density at radius 1 is 1.10 bits per heavy atom. The second-order valence-electron chi connectivity index (χ2n) is 5.59. The highest BCUT2D eigenvalue weighted by Crippen LogP contribution is 2.31. The largest absolute Gasteiger partial charge is 0.312 e. The molecule has 1 atom stereocenters. The summed E-state index contributed by atoms with van der Waals surface area (Å²) in [5.74, 6) is 0.188. The first-order valence-electron chi connectivity index (χ1n) is 7.75. The smallest absolute Gasteiger partial charge is 0.234 e. The third-order valence-corrected chi connectivity index (χ3v) is 4.28. The summed E-state index contributed by atoms with van der Waals surface area (Å²) in [5, 5.41) is 0. The molecule has 0 saturated carbocycles. The van der Waals surface area contributed by atoms with Gasteiger partial charge in [-0.2, -0.15) is 0 Å². The molecule has 0 aliphatic carbocycles. The molecule has 1 amide bonds. The van der Waals surface area contributed by atoms with Crippen LogP contribution in [0.15, 0.2) is 54.6 Å². The molecule has 0 N–H and O–H groups in total. The van der Waals surface area contributed by atoms with Crippen LogP contribution in [0.3, 0.4) is 0 Å². The molecule has 1 aliphatic rings. The molecule has 0 aromatic heterocycles. The Bertz CT molecular complexity index is 620. The van der Waals surface area contributed by atoms with Gasteiger partial charge in [-0.25, -0.2) is 0 Å². The summed E-state index contributed by atoms with van der Waals surface area (Å²) in [6.45, 7) is 2.92. The maximum atomic E-state index is 13.0. The summed E-state index contributed by atoms with van der Waals surface area (Å²) >= 11 is 0. The lowest BCUT2D eigenvalue weighted by Crippen LogP contribution is -2.38. The normalized spacial score (nSPS) is 15.4. The maximum absolute atomic E-state index is 13.0. The van der Waals surface area contributed by atoms with Gasteiger partial charge in [0.05, 0.1) is 5.92 Å². The number of carbonyl (C=O) groups excluding carboxylic acids is 1. The second kappa shape index (κ2) is 6.13. The average molecular weight is 279 g/mol. The second-order valence-corrected chi connectivity index (χ2v) is 5.59. The summed E-state index contributed by atoms with van der Waals surface area (Å²) < 4.78 is 0. The molecule has 2 nitrogen and oxygen atoms in total. The number of hydrogen-bond donors (Lipinski definition) is 0. The summed E-state index contributed by atoms with van der Waals surface area (Å²) in [6, 6.07) is 18.4. The average Bonchev–Trinajstić information content (AvgIpc) is 2.56. The standard InChI is InChI=1S/C19H21NO/c1-2-17(15-9-4-3-5-10-15)19(21)20-14-8-12-16-11-6-7-13-18(16)20/h3-7,9-11,13,17H,2,8,12,14H2,1H3/t17-/m0/s1. The van der Waals surface area contributed by atoms with Gasteiger partial charge in [-0.1, -0.05) is 55.5 Å². The molecule has 21 heavy (non-hydrogen) atoms. The van der Waals surface area contributed by atoms with Crippen molar-refractivity contribution in [3.63, 3.8) is 0 Å². The predicted molar refractivity (Wildman–Crippen MR) is 86.6 cm³/mol. The Morgan fingerprint density at radius 2 is 1.81 bits per heavy atom. The van der Waals surface area contributed by atoms with Crippen LogP contribution in [-0.2, 0) is 11.2 Å². The van der Waals surface area contributed by atoms with Gasteiger partial charge in [0.1, 0.15) is 0 Å². The number of amides is 1. The summed E-state index contributed by atoms with van der Waals surface area (Å²) in [7, 11) is 0. The maximum Gasteiger partial charge on any atom is 0.234 e. The summed E-state index contributed by atoms with van der Waals surface area (Å²) in [4.78, 5) is 15.0. The molecule has 0 bridgehead atoms. The molecule has 2 aromatic rings. The predicted octanol–water partition coefficient (Wildman–Crippen LogP) is 4.16. The van der Waals surface area contributed by atoms with E-state index in [1.165, 1.54) is 5.56 Å². The Labute approximate surface area is 126 Å². The van der Waals surface area contributed by atoms with Crippen molar-refractivity contribution >= 4 is 11.6 Å². The highest BCUT2D eigenvalue weighted by Gasteiger charge is 2.28. The molecule has 0 saturated heterocycles. The minimum absolute atomic E-state index is 0.0441. The van der Waals surface area contributed by atoms with Crippen LogP contribution < -0.4 is 4.90 Å². The van der Waals surface area contributed by atoms with Gasteiger partial charge in [-0.05, 0) is 36.5 Å². The van der Waals surface area contributed by atoms with E-state index < -0.39 is 0 Å². The van der Waals surface area contributed by atoms with Gasteiger partial charge < -0.3 is 4.90 Å². The minimum atomic E-state index is -0.0441. The van der Waals surface area contributed by atoms with Gasteiger partial charge in [0.25, 0.3) is 0 Å². The zero-order chi connectivity index (χ0) is 14.7. The van der Waals surface area contributed by atoms with Crippen molar-refractivity contribution in [1.29, 1.82) is 0 Å². The van der Waals surface area contributed by atoms with Crippen LogP contribution >= 0.6 is 0 Å². The molecule has 2 heteroatoms. The quantitative estimate of drug-likeness (QED) is 0.826. The third kappa shape index (κ3) is 2.71. The number of benzene rings is 2. The van der Waals surface area contributed by atoms with Gasteiger partial charge in [0.15, 0.2) is 0 Å². The van der Waals surface area contributed by atoms with Crippen LogP contribution in [0.5, 0.6) is 0 Å². The molecule has 0 unspecified atom stereocenters. The molecule has 0 spiro atoms. The molecular weight excluding hydrogens is 258 g/mol. The van der Waals surface area contributed by atoms with E-state index >= 15 is 0 Å². The van der Waals surface area contributed by atoms with Crippen LogP contribution in [0.2, 0.25) is 0 Å². The van der Waals surface area contributed by atoms with E-state index in [1.54, 1.807) is 0 Å². The zero-order valence-corrected chi connectivity index (χ0v) is 12.5. The number of carbonyl (C=O) groups is 1. The zero-order valence-electron chi connectivity index (χ0n) is 12.5. The Morgan fingerprint density at radius 3 is 2.57 bits per heavy atom. The van der Waals surface area contributed by atoms with Crippen LogP contribution in [0.4, 0.5) is 5.69 Å². The minimum Gasteiger partial charge on any atom is -0.312 e. The number of rotatable bonds is 3. The number of hydrogen-bond acceptors (Lipinski definition) is 1. The summed E-state index contributed by atoms with van der Waals surface area (Å²) in [6.07, 6.45) is 2.96. The lowest BCUT2D eigenvalue weighted by atomic mass is 9.93. The first kappa shape index (κ1) is 13.9. The van der Waals surface area contributed by atoms with E-state index in [0.717, 1.165) is 37.1 Å². The van der Waals surface area contributed by atoms with Crippen molar-refractivity contribution in [2.45, 2.75) is 32.1 Å². The number of fused-ring (bicyclic) bond motifs is 1. The van der Waals surface area contributed by atoms with E-state index in [0.29, 0.717) is 0 Å². The highest BCUT2D eigenvalue weighted by atomic mass is 16.2. The van der Waals surface area contributed by atoms with Crippen LogP contribution in [0.1, 0.15) is 36.8 Å². The molecule has 108 valence electrons. The van der Waals surface area contributed by atoms with Crippen molar-refractivity contribution in [2.24, 2.45) is 0 Å². The van der Waals surface area contributed by atoms with Gasteiger partial charge >= 0.3 is 0 Å². The molecule has 2 aromatic carbocycles. The van der Waals surface area contributed by atoms with E-state index in [9.17, 15) is 4.79 Å². The summed E-state index contributed by atoms with van der Waals surface area (Å²) in [5.41, 5.74) is 3.51. The Kier molecular flexibility index (Phi) is 4.05. The van der Waals surface area contributed by atoms with Gasteiger partial charge in [0.2, 0.25) is 5.91 Å². The lowest BCUT2D eigenvalue weighted by molar-refractivity contribution is -0.120.